The fourth-order valence-electron chi connectivity index (χ4n) is 2.36. The van der Waals surface area contributed by atoms with Crippen molar-refractivity contribution in [3.8, 4) is 0 Å². The second-order valence-electron chi connectivity index (χ2n) is 5.32. The number of hydrogen-bond acceptors (Lipinski definition) is 6. The first-order valence-electron chi connectivity index (χ1n) is 7.67. The summed E-state index contributed by atoms with van der Waals surface area (Å²) in [5.74, 6) is 1.14. The van der Waals surface area contributed by atoms with Crippen molar-refractivity contribution in [2.45, 2.75) is 6.92 Å². The van der Waals surface area contributed by atoms with Crippen molar-refractivity contribution in [2.24, 2.45) is 0 Å². The molecule has 0 fully saturated rings. The number of benzene rings is 2. The Kier molecular flexibility index (Phi) is 6.27. The van der Waals surface area contributed by atoms with Crippen LogP contribution in [-0.4, -0.2) is 34.0 Å². The summed E-state index contributed by atoms with van der Waals surface area (Å²) in [4.78, 5) is 20.3. The molecule has 130 valence electrons. The van der Waals surface area contributed by atoms with Gasteiger partial charge in [-0.1, -0.05) is 12.1 Å². The van der Waals surface area contributed by atoms with E-state index in [1.807, 2.05) is 36.4 Å². The highest BCUT2D eigenvalue weighted by Gasteiger charge is 2.08. The predicted molar refractivity (Wildman–Crippen MR) is 102 cm³/mol. The standard InChI is InChI=1S/C18H18N4O2.ClH/c1-12(24)13-6-8-14(9-7-13)20-18-21-16-5-3-2-4-15(16)17(22-18)19-10-11-23;/h2-9,23H,10-11H2,1H3,(H2,19,20,21,22);1H. The van der Waals surface area contributed by atoms with Crippen LogP contribution >= 0.6 is 12.4 Å². The van der Waals surface area contributed by atoms with E-state index in [1.54, 1.807) is 12.1 Å². The highest BCUT2D eigenvalue weighted by Crippen LogP contribution is 2.23. The van der Waals surface area contributed by atoms with Crippen LogP contribution in [-0.2, 0) is 0 Å². The maximum Gasteiger partial charge on any atom is 0.229 e. The molecule has 3 N–H and O–H groups in total. The van der Waals surface area contributed by atoms with Crippen LogP contribution < -0.4 is 10.6 Å². The highest BCUT2D eigenvalue weighted by molar-refractivity contribution is 5.94. The number of aliphatic hydroxyl groups excluding tert-OH is 1. The van der Waals surface area contributed by atoms with Crippen molar-refractivity contribution in [1.29, 1.82) is 0 Å². The molecule has 0 aliphatic rings. The van der Waals surface area contributed by atoms with Crippen LogP contribution in [0.2, 0.25) is 0 Å². The van der Waals surface area contributed by atoms with Gasteiger partial charge in [-0.2, -0.15) is 4.98 Å². The number of aromatic nitrogens is 2. The van der Waals surface area contributed by atoms with Gasteiger partial charge in [-0.3, -0.25) is 4.79 Å². The van der Waals surface area contributed by atoms with Gasteiger partial charge in [0, 0.05) is 23.2 Å². The van der Waals surface area contributed by atoms with E-state index < -0.39 is 0 Å². The number of carbonyl (C=O) groups excluding carboxylic acids is 1. The fourth-order valence-corrected chi connectivity index (χ4v) is 2.36. The molecule has 0 unspecified atom stereocenters. The molecule has 0 radical (unpaired) electrons. The molecule has 0 aliphatic carbocycles. The van der Waals surface area contributed by atoms with Crippen LogP contribution in [0, 0.1) is 0 Å². The van der Waals surface area contributed by atoms with Gasteiger partial charge < -0.3 is 15.7 Å². The van der Waals surface area contributed by atoms with Crippen molar-refractivity contribution in [1.82, 2.24) is 9.97 Å². The van der Waals surface area contributed by atoms with Crippen LogP contribution in [0.25, 0.3) is 10.9 Å². The number of fused-ring (bicyclic) bond motifs is 1. The SMILES string of the molecule is CC(=O)c1ccc(Nc2nc(NCCO)c3ccccc3n2)cc1.Cl. The molecule has 7 heteroatoms. The van der Waals surface area contributed by atoms with Crippen molar-refractivity contribution < 1.29 is 9.90 Å². The Bertz CT molecular complexity index is 869. The molecule has 1 heterocycles. The van der Waals surface area contributed by atoms with Crippen LogP contribution in [0.4, 0.5) is 17.5 Å². The smallest absolute Gasteiger partial charge is 0.229 e. The van der Waals surface area contributed by atoms with Gasteiger partial charge in [0.25, 0.3) is 0 Å². The first kappa shape index (κ1) is 18.6. The molecular formula is C18H19ClN4O2. The first-order chi connectivity index (χ1) is 11.7. The lowest BCUT2D eigenvalue weighted by molar-refractivity contribution is 0.101. The number of anilines is 3. The molecular weight excluding hydrogens is 340 g/mol. The monoisotopic (exact) mass is 358 g/mol. The molecule has 3 rings (SSSR count). The summed E-state index contributed by atoms with van der Waals surface area (Å²) in [5, 5.41) is 16.2. The zero-order chi connectivity index (χ0) is 16.9. The van der Waals surface area contributed by atoms with Crippen LogP contribution in [0.15, 0.2) is 48.5 Å². The van der Waals surface area contributed by atoms with Gasteiger partial charge in [0.05, 0.1) is 12.1 Å². The first-order valence-corrected chi connectivity index (χ1v) is 7.67. The number of aliphatic hydroxyl groups is 1. The Labute approximate surface area is 151 Å². The van der Waals surface area contributed by atoms with Crippen LogP contribution in [0.5, 0.6) is 0 Å². The van der Waals surface area contributed by atoms with Gasteiger partial charge in [-0.25, -0.2) is 4.98 Å². The molecule has 25 heavy (non-hydrogen) atoms. The Balaban J connectivity index is 0.00000225. The summed E-state index contributed by atoms with van der Waals surface area (Å²) in [6.45, 7) is 1.97. The van der Waals surface area contributed by atoms with E-state index in [4.69, 9.17) is 5.11 Å². The van der Waals surface area contributed by atoms with Gasteiger partial charge in [0.15, 0.2) is 5.78 Å². The highest BCUT2D eigenvalue weighted by atomic mass is 35.5. The van der Waals surface area contributed by atoms with Gasteiger partial charge in [0.1, 0.15) is 5.82 Å². The van der Waals surface area contributed by atoms with E-state index in [1.165, 1.54) is 6.92 Å². The Morgan fingerprint density at radius 1 is 1.08 bits per heavy atom. The van der Waals surface area contributed by atoms with Crippen molar-refractivity contribution in [2.75, 3.05) is 23.8 Å². The second-order valence-corrected chi connectivity index (χ2v) is 5.32. The summed E-state index contributed by atoms with van der Waals surface area (Å²) >= 11 is 0. The molecule has 2 aromatic carbocycles. The lowest BCUT2D eigenvalue weighted by atomic mass is 10.1. The lowest BCUT2D eigenvalue weighted by Crippen LogP contribution is -2.09. The minimum absolute atomic E-state index is 0. The maximum atomic E-state index is 11.3. The van der Waals surface area contributed by atoms with E-state index >= 15 is 0 Å². The van der Waals surface area contributed by atoms with Gasteiger partial charge in [-0.15, -0.1) is 12.4 Å². The maximum absolute atomic E-state index is 11.3. The number of halogens is 1. The van der Waals surface area contributed by atoms with E-state index in [2.05, 4.69) is 20.6 Å². The average Bonchev–Trinajstić information content (AvgIpc) is 2.60. The predicted octanol–water partition coefficient (Wildman–Crippen LogP) is 3.40. The number of nitrogens with one attached hydrogen (secondary N) is 2. The summed E-state index contributed by atoms with van der Waals surface area (Å²) in [5.41, 5.74) is 2.25. The minimum atomic E-state index is 0. The lowest BCUT2D eigenvalue weighted by Gasteiger charge is -2.11. The number of para-hydroxylation sites is 1. The van der Waals surface area contributed by atoms with Gasteiger partial charge >= 0.3 is 0 Å². The second kappa shape index (κ2) is 8.41. The summed E-state index contributed by atoms with van der Waals surface area (Å²) in [6, 6.07) is 14.8. The Morgan fingerprint density at radius 3 is 2.48 bits per heavy atom. The number of carbonyl (C=O) groups is 1. The summed E-state index contributed by atoms with van der Waals surface area (Å²) in [7, 11) is 0. The van der Waals surface area contributed by atoms with E-state index in [0.29, 0.717) is 23.9 Å². The molecule has 0 amide bonds. The number of nitrogens with zero attached hydrogens (tertiary/aromatic N) is 2. The van der Waals surface area contributed by atoms with E-state index in [-0.39, 0.29) is 24.8 Å². The fraction of sp³-hybridized carbons (Fsp3) is 0.167. The minimum Gasteiger partial charge on any atom is -0.395 e. The topological polar surface area (TPSA) is 87.1 Å². The molecule has 0 aliphatic heterocycles. The zero-order valence-corrected chi connectivity index (χ0v) is 14.5. The molecule has 0 saturated carbocycles. The van der Waals surface area contributed by atoms with Crippen molar-refractivity contribution in [3.05, 3.63) is 54.1 Å². The normalized spacial score (nSPS) is 10.2. The average molecular weight is 359 g/mol. The largest absolute Gasteiger partial charge is 0.395 e. The summed E-state index contributed by atoms with van der Waals surface area (Å²) < 4.78 is 0. The third kappa shape index (κ3) is 4.43. The molecule has 6 nitrogen and oxygen atoms in total. The van der Waals surface area contributed by atoms with Crippen LogP contribution in [0.1, 0.15) is 17.3 Å². The van der Waals surface area contributed by atoms with E-state index in [0.717, 1.165) is 16.6 Å². The van der Waals surface area contributed by atoms with Gasteiger partial charge in [0.2, 0.25) is 5.95 Å². The molecule has 0 spiro atoms. The molecule has 0 saturated heterocycles. The third-order valence-electron chi connectivity index (χ3n) is 3.56. The number of ketones is 1. The number of Topliss-reactive ketones (excluding diaryl/α,β-unsaturated/α-hetero) is 1. The van der Waals surface area contributed by atoms with Crippen molar-refractivity contribution in [3.63, 3.8) is 0 Å². The number of rotatable bonds is 6. The van der Waals surface area contributed by atoms with Crippen molar-refractivity contribution >= 4 is 46.5 Å². The summed E-state index contributed by atoms with van der Waals surface area (Å²) in [6.07, 6.45) is 0. The number of hydrogen-bond donors (Lipinski definition) is 3. The Morgan fingerprint density at radius 2 is 1.80 bits per heavy atom. The molecule has 0 atom stereocenters. The molecule has 3 aromatic rings. The molecule has 0 bridgehead atoms. The molecule has 1 aromatic heterocycles. The van der Waals surface area contributed by atoms with E-state index in [9.17, 15) is 4.79 Å². The van der Waals surface area contributed by atoms with Gasteiger partial charge in [-0.05, 0) is 43.3 Å². The quantitative estimate of drug-likeness (QED) is 0.585. The third-order valence-corrected chi connectivity index (χ3v) is 3.56. The van der Waals surface area contributed by atoms with Crippen LogP contribution in [0.3, 0.4) is 0 Å². The Hall–Kier alpha value is -2.70. The zero-order valence-electron chi connectivity index (χ0n) is 13.7.